The molecule has 4 nitrogen and oxygen atoms in total. The van der Waals surface area contributed by atoms with E-state index in [9.17, 15) is 18.0 Å². The second-order valence-corrected chi connectivity index (χ2v) is 5.73. The number of rotatable bonds is 5. The largest absolute Gasteiger partial charge is 0.416 e. The monoisotopic (exact) mass is 389 g/mol. The molecule has 0 heterocycles. The van der Waals surface area contributed by atoms with E-state index in [4.69, 9.17) is 23.2 Å². The average molecular weight is 390 g/mol. The fraction of sp³-hybridized carbons (Fsp3) is 0.125. The van der Waals surface area contributed by atoms with Gasteiger partial charge in [0.05, 0.1) is 23.3 Å². The van der Waals surface area contributed by atoms with E-state index < -0.39 is 17.6 Å². The molecule has 1 amide bonds. The minimum absolute atomic E-state index is 0.176. The lowest BCUT2D eigenvalue weighted by Gasteiger charge is -2.10. The van der Waals surface area contributed by atoms with Crippen molar-refractivity contribution >= 4 is 41.0 Å². The van der Waals surface area contributed by atoms with Crippen LogP contribution in [0.4, 0.5) is 18.9 Å². The highest BCUT2D eigenvalue weighted by atomic mass is 35.5. The summed E-state index contributed by atoms with van der Waals surface area (Å²) in [4.78, 5) is 11.7. The van der Waals surface area contributed by atoms with Crippen molar-refractivity contribution in [3.63, 3.8) is 0 Å². The fourth-order valence-electron chi connectivity index (χ4n) is 1.81. The molecule has 0 radical (unpaired) electrons. The standard InChI is InChI=1S/C16H12Cl2F3N3O/c17-12-5-4-10(14(18)7-12)8-23-24-15(25)9-22-13-3-1-2-11(6-13)16(19,20)21/h1-8,22H,9H2,(H,24,25)/b23-8-. The van der Waals surface area contributed by atoms with Crippen LogP contribution < -0.4 is 10.7 Å². The highest BCUT2D eigenvalue weighted by Crippen LogP contribution is 2.30. The van der Waals surface area contributed by atoms with Crippen molar-refractivity contribution in [1.29, 1.82) is 0 Å². The maximum Gasteiger partial charge on any atom is 0.416 e. The van der Waals surface area contributed by atoms with Crippen molar-refractivity contribution in [2.45, 2.75) is 6.18 Å². The fourth-order valence-corrected chi connectivity index (χ4v) is 2.26. The molecule has 9 heteroatoms. The van der Waals surface area contributed by atoms with Gasteiger partial charge in [-0.1, -0.05) is 35.3 Å². The molecule has 0 aliphatic rings. The van der Waals surface area contributed by atoms with E-state index in [1.807, 2.05) is 0 Å². The molecule has 0 aliphatic heterocycles. The summed E-state index contributed by atoms with van der Waals surface area (Å²) in [5.74, 6) is -0.529. The quantitative estimate of drug-likeness (QED) is 0.580. The summed E-state index contributed by atoms with van der Waals surface area (Å²) < 4.78 is 37.8. The Morgan fingerprint density at radius 1 is 1.16 bits per heavy atom. The number of hydrogen-bond acceptors (Lipinski definition) is 3. The Hall–Kier alpha value is -2.25. The summed E-state index contributed by atoms with van der Waals surface area (Å²) in [6.45, 7) is -0.243. The molecule has 0 spiro atoms. The van der Waals surface area contributed by atoms with Gasteiger partial charge in [-0.2, -0.15) is 18.3 Å². The molecular weight excluding hydrogens is 378 g/mol. The molecule has 25 heavy (non-hydrogen) atoms. The first-order chi connectivity index (χ1) is 11.8. The summed E-state index contributed by atoms with van der Waals surface area (Å²) in [5.41, 5.74) is 2.17. The number of benzene rings is 2. The van der Waals surface area contributed by atoms with Crippen molar-refractivity contribution in [1.82, 2.24) is 5.43 Å². The third-order valence-electron chi connectivity index (χ3n) is 3.00. The summed E-state index contributed by atoms with van der Waals surface area (Å²) >= 11 is 11.7. The van der Waals surface area contributed by atoms with Crippen LogP contribution in [0.3, 0.4) is 0 Å². The minimum Gasteiger partial charge on any atom is -0.376 e. The smallest absolute Gasteiger partial charge is 0.376 e. The molecule has 0 fully saturated rings. The summed E-state index contributed by atoms with van der Waals surface area (Å²) in [6, 6.07) is 9.33. The van der Waals surface area contributed by atoms with Crippen molar-refractivity contribution < 1.29 is 18.0 Å². The van der Waals surface area contributed by atoms with Crippen LogP contribution in [0.5, 0.6) is 0 Å². The molecule has 0 aliphatic carbocycles. The van der Waals surface area contributed by atoms with Crippen LogP contribution in [-0.4, -0.2) is 18.7 Å². The van der Waals surface area contributed by atoms with E-state index in [0.717, 1.165) is 12.1 Å². The van der Waals surface area contributed by atoms with Crippen LogP contribution in [0.1, 0.15) is 11.1 Å². The van der Waals surface area contributed by atoms with Crippen LogP contribution in [0.15, 0.2) is 47.6 Å². The number of anilines is 1. The number of alkyl halides is 3. The summed E-state index contributed by atoms with van der Waals surface area (Å²) in [5, 5.41) is 7.16. The van der Waals surface area contributed by atoms with Gasteiger partial charge in [0.1, 0.15) is 0 Å². The summed E-state index contributed by atoms with van der Waals surface area (Å²) in [7, 11) is 0. The van der Waals surface area contributed by atoms with Gasteiger partial charge < -0.3 is 5.32 Å². The molecule has 0 atom stereocenters. The van der Waals surface area contributed by atoms with Crippen LogP contribution in [-0.2, 0) is 11.0 Å². The number of nitrogens with zero attached hydrogens (tertiary/aromatic N) is 1. The Morgan fingerprint density at radius 2 is 1.92 bits per heavy atom. The van der Waals surface area contributed by atoms with Crippen molar-refractivity contribution in [3.05, 3.63) is 63.6 Å². The third kappa shape index (κ3) is 5.95. The van der Waals surface area contributed by atoms with Gasteiger partial charge in [0, 0.05) is 16.3 Å². The van der Waals surface area contributed by atoms with E-state index in [2.05, 4.69) is 15.8 Å². The third-order valence-corrected chi connectivity index (χ3v) is 3.56. The number of halogens is 5. The predicted molar refractivity (Wildman–Crippen MR) is 92.1 cm³/mol. The van der Waals surface area contributed by atoms with Gasteiger partial charge >= 0.3 is 6.18 Å². The Bertz CT molecular complexity index is 794. The van der Waals surface area contributed by atoms with Gasteiger partial charge in [-0.25, -0.2) is 5.43 Å². The molecule has 132 valence electrons. The lowest BCUT2D eigenvalue weighted by atomic mass is 10.2. The van der Waals surface area contributed by atoms with Gasteiger partial charge in [-0.3, -0.25) is 4.79 Å². The Balaban J connectivity index is 1.88. The number of carbonyl (C=O) groups excluding carboxylic acids is 1. The lowest BCUT2D eigenvalue weighted by Crippen LogP contribution is -2.26. The zero-order valence-corrected chi connectivity index (χ0v) is 14.1. The molecule has 2 rings (SSSR count). The molecule has 2 aromatic carbocycles. The molecule has 0 saturated carbocycles. The minimum atomic E-state index is -4.44. The van der Waals surface area contributed by atoms with Crippen LogP contribution in [0.2, 0.25) is 10.0 Å². The lowest BCUT2D eigenvalue weighted by molar-refractivity contribution is -0.137. The molecule has 0 unspecified atom stereocenters. The van der Waals surface area contributed by atoms with E-state index in [1.165, 1.54) is 24.4 Å². The predicted octanol–water partition coefficient (Wildman–Crippen LogP) is 4.57. The maximum atomic E-state index is 12.6. The number of hydrogen-bond donors (Lipinski definition) is 2. The molecule has 0 saturated heterocycles. The van der Waals surface area contributed by atoms with Crippen LogP contribution in [0.25, 0.3) is 0 Å². The highest BCUT2D eigenvalue weighted by Gasteiger charge is 2.30. The number of amides is 1. The topological polar surface area (TPSA) is 53.5 Å². The maximum absolute atomic E-state index is 12.6. The number of nitrogens with one attached hydrogen (secondary N) is 2. The summed E-state index contributed by atoms with van der Waals surface area (Å²) in [6.07, 6.45) is -3.11. The first-order valence-corrected chi connectivity index (χ1v) is 7.69. The van der Waals surface area contributed by atoms with Crippen molar-refractivity contribution in [3.8, 4) is 0 Å². The van der Waals surface area contributed by atoms with E-state index in [-0.39, 0.29) is 12.2 Å². The van der Waals surface area contributed by atoms with Crippen LogP contribution in [0, 0.1) is 0 Å². The number of hydrazone groups is 1. The normalized spacial score (nSPS) is 11.6. The Labute approximate surface area is 151 Å². The first-order valence-electron chi connectivity index (χ1n) is 6.94. The number of carbonyl (C=O) groups is 1. The average Bonchev–Trinajstić information content (AvgIpc) is 2.54. The molecule has 0 aromatic heterocycles. The Kier molecular flexibility index (Phi) is 6.27. The zero-order chi connectivity index (χ0) is 18.4. The van der Waals surface area contributed by atoms with Gasteiger partial charge in [0.2, 0.25) is 0 Å². The second-order valence-electron chi connectivity index (χ2n) is 4.89. The Morgan fingerprint density at radius 3 is 2.60 bits per heavy atom. The zero-order valence-electron chi connectivity index (χ0n) is 12.6. The van der Waals surface area contributed by atoms with Gasteiger partial charge in [-0.15, -0.1) is 0 Å². The molecule has 0 bridgehead atoms. The SMILES string of the molecule is O=C(CNc1cccc(C(F)(F)F)c1)N/N=C\c1ccc(Cl)cc1Cl. The van der Waals surface area contributed by atoms with Crippen LogP contribution >= 0.6 is 23.2 Å². The van der Waals surface area contributed by atoms with Gasteiger partial charge in [0.25, 0.3) is 5.91 Å². The van der Waals surface area contributed by atoms with Gasteiger partial charge in [-0.05, 0) is 30.3 Å². The first kappa shape index (κ1) is 19.1. The molecule has 2 N–H and O–H groups in total. The van der Waals surface area contributed by atoms with E-state index in [1.54, 1.807) is 12.1 Å². The van der Waals surface area contributed by atoms with Crippen molar-refractivity contribution in [2.24, 2.45) is 5.10 Å². The van der Waals surface area contributed by atoms with E-state index in [0.29, 0.717) is 15.6 Å². The van der Waals surface area contributed by atoms with Gasteiger partial charge in [0.15, 0.2) is 0 Å². The van der Waals surface area contributed by atoms with Crippen molar-refractivity contribution in [2.75, 3.05) is 11.9 Å². The molecule has 2 aromatic rings. The molecular formula is C16H12Cl2F3N3O. The highest BCUT2D eigenvalue weighted by molar-refractivity contribution is 6.36. The second kappa shape index (κ2) is 8.22. The van der Waals surface area contributed by atoms with E-state index >= 15 is 0 Å².